The number of ether oxygens (including phenoxy) is 1. The van der Waals surface area contributed by atoms with E-state index in [9.17, 15) is 18.0 Å². The van der Waals surface area contributed by atoms with Crippen molar-refractivity contribution < 1.29 is 22.7 Å². The number of hydrogen-bond acceptors (Lipinski definition) is 5. The Bertz CT molecular complexity index is 1690. The molecule has 4 aromatic rings. The van der Waals surface area contributed by atoms with Gasteiger partial charge in [-0.25, -0.2) is 8.42 Å². The standard InChI is InChI=1S/C34H35Cl2N3O5S/c1-3-20-37-34(41)32(22-25-10-6-4-7-11-25)38(23-26-14-19-30(35)31(36)21-26)33(40)24-39(45(2,42)43)27-15-17-29(18-16-27)44-28-12-8-5-9-13-28/h4-19,21,32H,3,20,22-24H2,1-2H3,(H,37,41)/t32-/m0/s1. The van der Waals surface area contributed by atoms with Crippen LogP contribution in [0.5, 0.6) is 11.5 Å². The van der Waals surface area contributed by atoms with E-state index in [1.165, 1.54) is 4.90 Å². The molecule has 2 amide bonds. The second kappa shape index (κ2) is 15.8. The fraction of sp³-hybridized carbons (Fsp3) is 0.235. The van der Waals surface area contributed by atoms with Crippen LogP contribution in [0.4, 0.5) is 5.69 Å². The molecule has 0 aliphatic rings. The number of halogens is 2. The van der Waals surface area contributed by atoms with Gasteiger partial charge in [0.25, 0.3) is 0 Å². The molecule has 0 fully saturated rings. The third-order valence-electron chi connectivity index (χ3n) is 6.94. The zero-order chi connectivity index (χ0) is 32.4. The molecule has 4 rings (SSSR count). The number of anilines is 1. The summed E-state index contributed by atoms with van der Waals surface area (Å²) in [6, 6.07) is 29.0. The van der Waals surface area contributed by atoms with Gasteiger partial charge in [-0.3, -0.25) is 13.9 Å². The molecule has 0 unspecified atom stereocenters. The Morgan fingerprint density at radius 1 is 0.822 bits per heavy atom. The summed E-state index contributed by atoms with van der Waals surface area (Å²) in [5, 5.41) is 3.56. The summed E-state index contributed by atoms with van der Waals surface area (Å²) in [6.45, 7) is 1.82. The van der Waals surface area contributed by atoms with Crippen molar-refractivity contribution in [2.24, 2.45) is 0 Å². The molecule has 45 heavy (non-hydrogen) atoms. The van der Waals surface area contributed by atoms with E-state index in [1.807, 2.05) is 55.5 Å². The lowest BCUT2D eigenvalue weighted by molar-refractivity contribution is -0.140. The third-order valence-corrected chi connectivity index (χ3v) is 8.82. The van der Waals surface area contributed by atoms with Crippen molar-refractivity contribution in [2.45, 2.75) is 32.4 Å². The van der Waals surface area contributed by atoms with Crippen molar-refractivity contribution in [3.8, 4) is 11.5 Å². The van der Waals surface area contributed by atoms with E-state index < -0.39 is 28.5 Å². The summed E-state index contributed by atoms with van der Waals surface area (Å²) in [4.78, 5) is 29.2. The Morgan fingerprint density at radius 2 is 1.44 bits per heavy atom. The molecule has 236 valence electrons. The Labute approximate surface area is 274 Å². The number of nitrogens with one attached hydrogen (secondary N) is 1. The molecule has 0 saturated carbocycles. The van der Waals surface area contributed by atoms with Crippen molar-refractivity contribution >= 4 is 50.7 Å². The first-order valence-corrected chi connectivity index (χ1v) is 17.0. The van der Waals surface area contributed by atoms with Crippen LogP contribution in [0.1, 0.15) is 24.5 Å². The topological polar surface area (TPSA) is 96.0 Å². The first kappa shape index (κ1) is 33.8. The second-order valence-electron chi connectivity index (χ2n) is 10.4. The van der Waals surface area contributed by atoms with Crippen LogP contribution in [0.2, 0.25) is 10.0 Å². The largest absolute Gasteiger partial charge is 0.457 e. The predicted octanol–water partition coefficient (Wildman–Crippen LogP) is 6.72. The Balaban J connectivity index is 1.68. The van der Waals surface area contributed by atoms with Gasteiger partial charge in [-0.2, -0.15) is 0 Å². The van der Waals surface area contributed by atoms with E-state index in [0.717, 1.165) is 16.1 Å². The number of benzene rings is 4. The summed E-state index contributed by atoms with van der Waals surface area (Å²) >= 11 is 12.4. The van der Waals surface area contributed by atoms with Crippen LogP contribution in [-0.2, 0) is 32.6 Å². The molecule has 0 aromatic heterocycles. The maximum absolute atomic E-state index is 14.2. The van der Waals surface area contributed by atoms with Gasteiger partial charge < -0.3 is 15.0 Å². The minimum atomic E-state index is -3.92. The van der Waals surface area contributed by atoms with Crippen LogP contribution in [0.25, 0.3) is 0 Å². The highest BCUT2D eigenvalue weighted by Gasteiger charge is 2.33. The molecule has 0 aliphatic carbocycles. The summed E-state index contributed by atoms with van der Waals surface area (Å²) in [5.41, 5.74) is 1.75. The maximum atomic E-state index is 14.2. The molecule has 0 spiro atoms. The molecule has 1 atom stereocenters. The van der Waals surface area contributed by atoms with Gasteiger partial charge in [-0.05, 0) is 66.1 Å². The van der Waals surface area contributed by atoms with E-state index >= 15 is 0 Å². The van der Waals surface area contributed by atoms with E-state index in [0.29, 0.717) is 40.1 Å². The molecule has 11 heteroatoms. The number of carbonyl (C=O) groups is 2. The third kappa shape index (κ3) is 9.72. The van der Waals surface area contributed by atoms with Crippen molar-refractivity contribution in [3.63, 3.8) is 0 Å². The van der Waals surface area contributed by atoms with Gasteiger partial charge in [0.2, 0.25) is 21.8 Å². The van der Waals surface area contributed by atoms with Crippen LogP contribution in [-0.4, -0.2) is 50.5 Å². The molecule has 0 heterocycles. The van der Waals surface area contributed by atoms with Crippen LogP contribution in [0.15, 0.2) is 103 Å². The number of rotatable bonds is 14. The van der Waals surface area contributed by atoms with Crippen LogP contribution >= 0.6 is 23.2 Å². The highest BCUT2D eigenvalue weighted by atomic mass is 35.5. The normalized spacial score (nSPS) is 11.8. The first-order valence-electron chi connectivity index (χ1n) is 14.4. The summed E-state index contributed by atoms with van der Waals surface area (Å²) < 4.78 is 33.0. The molecule has 8 nitrogen and oxygen atoms in total. The molecule has 4 aromatic carbocycles. The SMILES string of the molecule is CCCNC(=O)[C@H](Cc1ccccc1)N(Cc1ccc(Cl)c(Cl)c1)C(=O)CN(c1ccc(Oc2ccccc2)cc1)S(C)(=O)=O. The van der Waals surface area contributed by atoms with Crippen LogP contribution in [0, 0.1) is 0 Å². The van der Waals surface area contributed by atoms with Gasteiger partial charge in [0.1, 0.15) is 24.1 Å². The van der Waals surface area contributed by atoms with E-state index in [4.69, 9.17) is 27.9 Å². The Kier molecular flexibility index (Phi) is 11.9. The van der Waals surface area contributed by atoms with Crippen molar-refractivity contribution in [1.29, 1.82) is 0 Å². The molecule has 0 radical (unpaired) electrons. The number of amides is 2. The van der Waals surface area contributed by atoms with Gasteiger partial charge >= 0.3 is 0 Å². The number of para-hydroxylation sites is 1. The molecule has 0 saturated heterocycles. The maximum Gasteiger partial charge on any atom is 0.244 e. The van der Waals surface area contributed by atoms with Gasteiger partial charge in [0.15, 0.2) is 0 Å². The Morgan fingerprint density at radius 3 is 2.04 bits per heavy atom. The monoisotopic (exact) mass is 667 g/mol. The molecule has 0 bridgehead atoms. The summed E-state index contributed by atoms with van der Waals surface area (Å²) in [6.07, 6.45) is 1.96. The minimum Gasteiger partial charge on any atom is -0.457 e. The lowest BCUT2D eigenvalue weighted by Crippen LogP contribution is -2.53. The molecular formula is C34H35Cl2N3O5S. The zero-order valence-corrected chi connectivity index (χ0v) is 27.4. The van der Waals surface area contributed by atoms with Crippen molar-refractivity contribution in [3.05, 3.63) is 124 Å². The average Bonchev–Trinajstić information content (AvgIpc) is 3.03. The molecular weight excluding hydrogens is 633 g/mol. The number of hydrogen-bond donors (Lipinski definition) is 1. The first-order chi connectivity index (χ1) is 21.5. The van der Waals surface area contributed by atoms with E-state index in [-0.39, 0.29) is 24.6 Å². The van der Waals surface area contributed by atoms with Gasteiger partial charge in [-0.1, -0.05) is 84.7 Å². The Hall–Kier alpha value is -4.05. The summed E-state index contributed by atoms with van der Waals surface area (Å²) in [5.74, 6) is 0.219. The van der Waals surface area contributed by atoms with Crippen molar-refractivity contribution in [2.75, 3.05) is 23.7 Å². The molecule has 0 aliphatic heterocycles. The van der Waals surface area contributed by atoms with Crippen LogP contribution < -0.4 is 14.4 Å². The minimum absolute atomic E-state index is 0.00573. The summed E-state index contributed by atoms with van der Waals surface area (Å²) in [7, 11) is -3.92. The number of carbonyl (C=O) groups excluding carboxylic acids is 2. The van der Waals surface area contributed by atoms with E-state index in [1.54, 1.807) is 54.6 Å². The van der Waals surface area contributed by atoms with Gasteiger partial charge in [0.05, 0.1) is 22.0 Å². The highest BCUT2D eigenvalue weighted by Crippen LogP contribution is 2.27. The van der Waals surface area contributed by atoms with Crippen molar-refractivity contribution in [1.82, 2.24) is 10.2 Å². The second-order valence-corrected chi connectivity index (χ2v) is 13.2. The fourth-order valence-corrected chi connectivity index (χ4v) is 5.84. The number of sulfonamides is 1. The lowest BCUT2D eigenvalue weighted by atomic mass is 10.0. The van der Waals surface area contributed by atoms with Gasteiger partial charge in [-0.15, -0.1) is 0 Å². The van der Waals surface area contributed by atoms with Crippen LogP contribution in [0.3, 0.4) is 0 Å². The lowest BCUT2D eigenvalue weighted by Gasteiger charge is -2.33. The number of nitrogens with zero attached hydrogens (tertiary/aromatic N) is 2. The average molecular weight is 669 g/mol. The zero-order valence-electron chi connectivity index (χ0n) is 25.0. The predicted molar refractivity (Wildman–Crippen MR) is 179 cm³/mol. The highest BCUT2D eigenvalue weighted by molar-refractivity contribution is 7.92. The fourth-order valence-electron chi connectivity index (χ4n) is 4.67. The van der Waals surface area contributed by atoms with Gasteiger partial charge in [0, 0.05) is 19.5 Å². The smallest absolute Gasteiger partial charge is 0.244 e. The molecule has 1 N–H and O–H groups in total. The van der Waals surface area contributed by atoms with E-state index in [2.05, 4.69) is 5.32 Å². The quantitative estimate of drug-likeness (QED) is 0.161.